The summed E-state index contributed by atoms with van der Waals surface area (Å²) in [6.07, 6.45) is 8.61. The highest BCUT2D eigenvalue weighted by Crippen LogP contribution is 2.34. The molecular weight excluding hydrogens is 392 g/mol. The molecule has 0 aliphatic rings. The third-order valence-electron chi connectivity index (χ3n) is 4.81. The Bertz CT molecular complexity index is 801. The van der Waals surface area contributed by atoms with Crippen LogP contribution in [0.1, 0.15) is 78.1 Å². The second kappa shape index (κ2) is 14.2. The van der Waals surface area contributed by atoms with E-state index in [-0.39, 0.29) is 23.4 Å². The van der Waals surface area contributed by atoms with Crippen LogP contribution in [-0.4, -0.2) is 11.9 Å². The smallest absolute Gasteiger partial charge is 0.311 e. The van der Waals surface area contributed by atoms with Crippen LogP contribution in [0.4, 0.5) is 0 Å². The van der Waals surface area contributed by atoms with E-state index < -0.39 is 0 Å². The molecule has 0 saturated heterocycles. The zero-order valence-electron chi connectivity index (χ0n) is 18.7. The Morgan fingerprint density at radius 1 is 0.645 bits per heavy atom. The molecule has 2 aromatic rings. The Hall–Kier alpha value is -2.82. The van der Waals surface area contributed by atoms with Gasteiger partial charge in [-0.05, 0) is 37.1 Å². The number of ether oxygens (including phenoxy) is 3. The van der Waals surface area contributed by atoms with Gasteiger partial charge in [0.05, 0.1) is 0 Å². The normalized spacial score (nSPS) is 10.5. The first-order valence-corrected chi connectivity index (χ1v) is 11.4. The molecule has 0 aliphatic heterocycles. The van der Waals surface area contributed by atoms with Crippen molar-refractivity contribution in [3.05, 3.63) is 48.5 Å². The predicted molar refractivity (Wildman–Crippen MR) is 122 cm³/mol. The maximum atomic E-state index is 12.3. The van der Waals surface area contributed by atoms with Gasteiger partial charge in [-0.1, -0.05) is 70.6 Å². The van der Waals surface area contributed by atoms with E-state index in [1.54, 1.807) is 18.2 Å². The molecule has 0 bridgehead atoms. The third-order valence-corrected chi connectivity index (χ3v) is 4.81. The fourth-order valence-corrected chi connectivity index (χ4v) is 3.08. The minimum absolute atomic E-state index is 0.204. The van der Waals surface area contributed by atoms with Crippen molar-refractivity contribution < 1.29 is 23.8 Å². The highest BCUT2D eigenvalue weighted by Gasteiger charge is 2.15. The minimum atomic E-state index is -0.340. The average Bonchev–Trinajstić information content (AvgIpc) is 2.77. The van der Waals surface area contributed by atoms with Gasteiger partial charge in [0.25, 0.3) is 0 Å². The summed E-state index contributed by atoms with van der Waals surface area (Å²) in [6, 6.07) is 14.2. The third kappa shape index (κ3) is 9.69. The van der Waals surface area contributed by atoms with Crippen molar-refractivity contribution in [2.24, 2.45) is 0 Å². The van der Waals surface area contributed by atoms with Crippen molar-refractivity contribution >= 4 is 11.9 Å². The lowest BCUT2D eigenvalue weighted by Crippen LogP contribution is -2.12. The van der Waals surface area contributed by atoms with Crippen molar-refractivity contribution in [1.29, 1.82) is 0 Å². The number of para-hydroxylation sites is 1. The van der Waals surface area contributed by atoms with E-state index in [1.165, 1.54) is 0 Å². The summed E-state index contributed by atoms with van der Waals surface area (Å²) < 4.78 is 16.9. The van der Waals surface area contributed by atoms with E-state index in [0.29, 0.717) is 24.3 Å². The molecular formula is C26H34O5. The molecule has 0 atom stereocenters. The van der Waals surface area contributed by atoms with E-state index >= 15 is 0 Å². The van der Waals surface area contributed by atoms with Crippen LogP contribution in [0.2, 0.25) is 0 Å². The van der Waals surface area contributed by atoms with Gasteiger partial charge in [-0.2, -0.15) is 0 Å². The van der Waals surface area contributed by atoms with Crippen LogP contribution in [0, 0.1) is 0 Å². The lowest BCUT2D eigenvalue weighted by molar-refractivity contribution is -0.137. The van der Waals surface area contributed by atoms with E-state index in [4.69, 9.17) is 14.2 Å². The van der Waals surface area contributed by atoms with E-state index in [0.717, 1.165) is 51.4 Å². The summed E-state index contributed by atoms with van der Waals surface area (Å²) in [4.78, 5) is 24.6. The molecule has 5 heteroatoms. The Kier molecular flexibility index (Phi) is 11.2. The van der Waals surface area contributed by atoms with Gasteiger partial charge >= 0.3 is 11.9 Å². The highest BCUT2D eigenvalue weighted by atomic mass is 16.6. The Morgan fingerprint density at radius 3 is 1.81 bits per heavy atom. The first-order chi connectivity index (χ1) is 15.1. The zero-order valence-corrected chi connectivity index (χ0v) is 18.7. The first kappa shape index (κ1) is 24.4. The molecule has 2 aromatic carbocycles. The lowest BCUT2D eigenvalue weighted by atomic mass is 10.1. The maximum Gasteiger partial charge on any atom is 0.311 e. The lowest BCUT2D eigenvalue weighted by Gasteiger charge is -2.13. The quantitative estimate of drug-likeness (QED) is 0.181. The monoisotopic (exact) mass is 426 g/mol. The van der Waals surface area contributed by atoms with Crippen molar-refractivity contribution in [2.75, 3.05) is 0 Å². The molecule has 0 N–H and O–H groups in total. The Morgan fingerprint density at radius 2 is 1.23 bits per heavy atom. The number of rotatable bonds is 14. The van der Waals surface area contributed by atoms with Gasteiger partial charge in [-0.3, -0.25) is 9.59 Å². The number of esters is 2. The number of unbranched alkanes of at least 4 members (excludes halogenated alkanes) is 6. The van der Waals surface area contributed by atoms with E-state index in [9.17, 15) is 9.59 Å². The second-order valence-electron chi connectivity index (χ2n) is 7.59. The summed E-state index contributed by atoms with van der Waals surface area (Å²) in [7, 11) is 0. The number of hydrogen-bond acceptors (Lipinski definition) is 5. The molecule has 0 aromatic heterocycles. The number of hydrogen-bond donors (Lipinski definition) is 0. The summed E-state index contributed by atoms with van der Waals surface area (Å²) in [5, 5.41) is 0. The van der Waals surface area contributed by atoms with Gasteiger partial charge < -0.3 is 14.2 Å². The molecule has 0 radical (unpaired) electrons. The fourth-order valence-electron chi connectivity index (χ4n) is 3.08. The molecule has 31 heavy (non-hydrogen) atoms. The zero-order chi connectivity index (χ0) is 22.3. The summed E-state index contributed by atoms with van der Waals surface area (Å²) in [5.74, 6) is 0.947. The largest absolute Gasteiger partial charge is 0.457 e. The molecule has 5 nitrogen and oxygen atoms in total. The highest BCUT2D eigenvalue weighted by molar-refractivity contribution is 5.76. The van der Waals surface area contributed by atoms with Gasteiger partial charge in [-0.15, -0.1) is 0 Å². The van der Waals surface area contributed by atoms with Crippen molar-refractivity contribution in [3.63, 3.8) is 0 Å². The molecule has 0 aliphatic carbocycles. The van der Waals surface area contributed by atoms with E-state index in [2.05, 4.69) is 13.8 Å². The SMILES string of the molecule is CCCCCCC(=O)Oc1ccc(Oc2ccccc2)cc1OC(=O)CCCCCC. The van der Waals surface area contributed by atoms with Crippen LogP contribution < -0.4 is 14.2 Å². The minimum Gasteiger partial charge on any atom is -0.457 e. The molecule has 0 spiro atoms. The van der Waals surface area contributed by atoms with E-state index in [1.807, 2.05) is 30.3 Å². The summed E-state index contributed by atoms with van der Waals surface area (Å²) in [5.41, 5.74) is 0. The molecule has 0 heterocycles. The first-order valence-electron chi connectivity index (χ1n) is 11.4. The number of carbonyl (C=O) groups is 2. The van der Waals surface area contributed by atoms with Gasteiger partial charge in [0.2, 0.25) is 0 Å². The van der Waals surface area contributed by atoms with Crippen molar-refractivity contribution in [1.82, 2.24) is 0 Å². The van der Waals surface area contributed by atoms with Gasteiger partial charge in [0.1, 0.15) is 11.5 Å². The Balaban J connectivity index is 2.06. The topological polar surface area (TPSA) is 61.8 Å². The van der Waals surface area contributed by atoms with Crippen LogP contribution in [0.25, 0.3) is 0 Å². The fraction of sp³-hybridized carbons (Fsp3) is 0.462. The molecule has 0 fully saturated rings. The molecule has 0 saturated carbocycles. The Labute approximate surface area is 185 Å². The molecule has 0 amide bonds. The predicted octanol–water partition coefficient (Wildman–Crippen LogP) is 7.23. The van der Waals surface area contributed by atoms with Gasteiger partial charge in [0.15, 0.2) is 11.5 Å². The average molecular weight is 427 g/mol. The van der Waals surface area contributed by atoms with Crippen LogP contribution >= 0.6 is 0 Å². The van der Waals surface area contributed by atoms with Gasteiger partial charge in [-0.25, -0.2) is 0 Å². The van der Waals surface area contributed by atoms with Crippen molar-refractivity contribution in [3.8, 4) is 23.0 Å². The van der Waals surface area contributed by atoms with Crippen LogP contribution in [0.3, 0.4) is 0 Å². The number of benzene rings is 2. The van der Waals surface area contributed by atoms with Crippen molar-refractivity contribution in [2.45, 2.75) is 78.1 Å². The molecule has 2 rings (SSSR count). The number of carbonyl (C=O) groups excluding carboxylic acids is 2. The summed E-state index contributed by atoms with van der Waals surface area (Å²) >= 11 is 0. The summed E-state index contributed by atoms with van der Waals surface area (Å²) in [6.45, 7) is 4.25. The second-order valence-corrected chi connectivity index (χ2v) is 7.59. The van der Waals surface area contributed by atoms with Crippen LogP contribution in [0.15, 0.2) is 48.5 Å². The van der Waals surface area contributed by atoms with Gasteiger partial charge in [0, 0.05) is 18.9 Å². The van der Waals surface area contributed by atoms with Crippen LogP contribution in [-0.2, 0) is 9.59 Å². The molecule has 0 unspecified atom stereocenters. The molecule has 168 valence electrons. The standard InChI is InChI=1S/C26H34O5/c1-3-5-7-12-16-25(27)30-23-19-18-22(29-21-14-10-9-11-15-21)20-24(23)31-26(28)17-13-8-6-4-2/h9-11,14-15,18-20H,3-8,12-13,16-17H2,1-2H3. The van der Waals surface area contributed by atoms with Crippen LogP contribution in [0.5, 0.6) is 23.0 Å². The maximum absolute atomic E-state index is 12.3.